The molecule has 0 spiro atoms. The van der Waals surface area contributed by atoms with Crippen molar-refractivity contribution in [1.29, 1.82) is 0 Å². The summed E-state index contributed by atoms with van der Waals surface area (Å²) in [5.41, 5.74) is 13.1. The second-order valence-electron chi connectivity index (χ2n) is 2.88. The first-order valence-electron chi connectivity index (χ1n) is 3.74. The predicted octanol–water partition coefficient (Wildman–Crippen LogP) is 0.296. The molecular formula is C8H9N3O2. The van der Waals surface area contributed by atoms with Crippen molar-refractivity contribution in [1.82, 2.24) is 4.57 Å². The first kappa shape index (κ1) is 7.72. The molecule has 0 unspecified atom stereocenters. The van der Waals surface area contributed by atoms with Crippen molar-refractivity contribution in [2.45, 2.75) is 0 Å². The molecule has 2 rings (SSSR count). The number of aryl methyl sites for hydroxylation is 1. The lowest BCUT2D eigenvalue weighted by Crippen LogP contribution is -2.09. The lowest BCUT2D eigenvalue weighted by atomic mass is 10.2. The topological polar surface area (TPSA) is 87.2 Å². The highest BCUT2D eigenvalue weighted by Gasteiger charge is 2.09. The minimum absolute atomic E-state index is 0.421. The third kappa shape index (κ3) is 0.970. The van der Waals surface area contributed by atoms with Crippen LogP contribution in [0, 0.1) is 0 Å². The maximum Gasteiger partial charge on any atom is 0.419 e. The zero-order valence-corrected chi connectivity index (χ0v) is 7.07. The van der Waals surface area contributed by atoms with E-state index in [1.165, 1.54) is 4.57 Å². The van der Waals surface area contributed by atoms with Gasteiger partial charge in [-0.3, -0.25) is 4.57 Å². The maximum absolute atomic E-state index is 11.1. The SMILES string of the molecule is Cn1c(=O)oc2cc(N)cc(N)c21. The Morgan fingerprint density at radius 1 is 1.38 bits per heavy atom. The van der Waals surface area contributed by atoms with Crippen LogP contribution in [0.3, 0.4) is 0 Å². The molecule has 13 heavy (non-hydrogen) atoms. The summed E-state index contributed by atoms with van der Waals surface area (Å²) in [6.45, 7) is 0. The molecule has 0 aliphatic rings. The van der Waals surface area contributed by atoms with Crippen LogP contribution in [0.4, 0.5) is 11.4 Å². The molecular weight excluding hydrogens is 170 g/mol. The van der Waals surface area contributed by atoms with E-state index in [9.17, 15) is 4.79 Å². The lowest BCUT2D eigenvalue weighted by molar-refractivity contribution is 0.528. The van der Waals surface area contributed by atoms with Gasteiger partial charge in [0, 0.05) is 18.8 Å². The largest absolute Gasteiger partial charge is 0.419 e. The van der Waals surface area contributed by atoms with Crippen molar-refractivity contribution in [2.75, 3.05) is 11.5 Å². The Balaban J connectivity index is 3.03. The van der Waals surface area contributed by atoms with Crippen molar-refractivity contribution < 1.29 is 4.42 Å². The number of hydrogen-bond donors (Lipinski definition) is 2. The summed E-state index contributed by atoms with van der Waals surface area (Å²) < 4.78 is 6.26. The van der Waals surface area contributed by atoms with E-state index in [-0.39, 0.29) is 0 Å². The van der Waals surface area contributed by atoms with E-state index in [0.717, 1.165) is 0 Å². The Kier molecular flexibility index (Phi) is 1.36. The van der Waals surface area contributed by atoms with Crippen molar-refractivity contribution >= 4 is 22.5 Å². The summed E-state index contributed by atoms with van der Waals surface area (Å²) in [4.78, 5) is 11.1. The van der Waals surface area contributed by atoms with Crippen LogP contribution in [0.2, 0.25) is 0 Å². The highest BCUT2D eigenvalue weighted by Crippen LogP contribution is 2.22. The first-order chi connectivity index (χ1) is 6.09. The fraction of sp³-hybridized carbons (Fsp3) is 0.125. The average Bonchev–Trinajstić information content (AvgIpc) is 2.27. The third-order valence-electron chi connectivity index (χ3n) is 1.93. The number of oxazole rings is 1. The number of nitrogens with zero attached hydrogens (tertiary/aromatic N) is 1. The first-order valence-corrected chi connectivity index (χ1v) is 3.74. The molecule has 68 valence electrons. The molecule has 0 bridgehead atoms. The fourth-order valence-electron chi connectivity index (χ4n) is 1.34. The lowest BCUT2D eigenvalue weighted by Gasteiger charge is -1.98. The van der Waals surface area contributed by atoms with E-state index in [2.05, 4.69) is 0 Å². The van der Waals surface area contributed by atoms with Gasteiger partial charge in [0.2, 0.25) is 0 Å². The Labute approximate surface area is 73.5 Å². The van der Waals surface area contributed by atoms with Gasteiger partial charge >= 0.3 is 5.76 Å². The van der Waals surface area contributed by atoms with Gasteiger partial charge in [-0.15, -0.1) is 0 Å². The van der Waals surface area contributed by atoms with Crippen LogP contribution in [-0.2, 0) is 7.05 Å². The molecule has 5 nitrogen and oxygen atoms in total. The molecule has 1 aromatic heterocycles. The number of nitrogen functional groups attached to an aromatic ring is 2. The zero-order valence-electron chi connectivity index (χ0n) is 7.07. The van der Waals surface area contributed by atoms with Gasteiger partial charge in [0.25, 0.3) is 0 Å². The second kappa shape index (κ2) is 2.29. The van der Waals surface area contributed by atoms with Gasteiger partial charge in [-0.25, -0.2) is 4.79 Å². The standard InChI is InChI=1S/C8H9N3O2/c1-11-7-5(10)2-4(9)3-6(7)13-8(11)12/h2-3H,9-10H2,1H3. The Morgan fingerprint density at radius 3 is 2.77 bits per heavy atom. The molecule has 0 aliphatic heterocycles. The Hall–Kier alpha value is -1.91. The van der Waals surface area contributed by atoms with Gasteiger partial charge in [0.05, 0.1) is 5.69 Å². The van der Waals surface area contributed by atoms with Crippen molar-refractivity contribution in [2.24, 2.45) is 7.05 Å². The van der Waals surface area contributed by atoms with Crippen LogP contribution in [0.1, 0.15) is 0 Å². The summed E-state index contributed by atoms with van der Waals surface area (Å²) in [6, 6.07) is 3.17. The van der Waals surface area contributed by atoms with Crippen LogP contribution in [0.15, 0.2) is 21.3 Å². The monoisotopic (exact) mass is 179 g/mol. The van der Waals surface area contributed by atoms with Crippen LogP contribution < -0.4 is 17.2 Å². The van der Waals surface area contributed by atoms with E-state index < -0.39 is 5.76 Å². The smallest absolute Gasteiger partial charge is 0.408 e. The number of aromatic nitrogens is 1. The third-order valence-corrected chi connectivity index (χ3v) is 1.93. The number of anilines is 2. The number of fused-ring (bicyclic) bond motifs is 1. The highest BCUT2D eigenvalue weighted by molar-refractivity contribution is 5.89. The zero-order chi connectivity index (χ0) is 9.59. The predicted molar refractivity (Wildman–Crippen MR) is 50.3 cm³/mol. The Bertz CT molecular complexity index is 524. The van der Waals surface area contributed by atoms with Crippen LogP contribution in [0.5, 0.6) is 0 Å². The molecule has 0 saturated heterocycles. The summed E-state index contributed by atoms with van der Waals surface area (Å²) in [5.74, 6) is -0.438. The van der Waals surface area contributed by atoms with Gasteiger partial charge in [0.1, 0.15) is 5.52 Å². The van der Waals surface area contributed by atoms with Gasteiger partial charge in [0.15, 0.2) is 5.58 Å². The van der Waals surface area contributed by atoms with Gasteiger partial charge in [-0.2, -0.15) is 0 Å². The van der Waals surface area contributed by atoms with Crippen molar-refractivity contribution in [3.8, 4) is 0 Å². The van der Waals surface area contributed by atoms with Gasteiger partial charge in [-0.05, 0) is 6.07 Å². The van der Waals surface area contributed by atoms with E-state index >= 15 is 0 Å². The minimum Gasteiger partial charge on any atom is -0.408 e. The average molecular weight is 179 g/mol. The number of benzene rings is 1. The molecule has 4 N–H and O–H groups in total. The molecule has 2 aromatic rings. The van der Waals surface area contributed by atoms with Crippen LogP contribution in [-0.4, -0.2) is 4.57 Å². The molecule has 1 aromatic carbocycles. The summed E-state index contributed by atoms with van der Waals surface area (Å²) in [5, 5.41) is 0. The minimum atomic E-state index is -0.438. The van der Waals surface area contributed by atoms with E-state index in [4.69, 9.17) is 15.9 Å². The molecule has 0 amide bonds. The highest BCUT2D eigenvalue weighted by atomic mass is 16.4. The normalized spacial score (nSPS) is 10.8. The fourth-order valence-corrected chi connectivity index (χ4v) is 1.34. The Morgan fingerprint density at radius 2 is 2.08 bits per heavy atom. The van der Waals surface area contributed by atoms with E-state index in [1.807, 2.05) is 0 Å². The molecule has 0 fully saturated rings. The number of rotatable bonds is 0. The van der Waals surface area contributed by atoms with E-state index in [1.54, 1.807) is 19.2 Å². The van der Waals surface area contributed by atoms with Crippen molar-refractivity contribution in [3.63, 3.8) is 0 Å². The van der Waals surface area contributed by atoms with E-state index in [0.29, 0.717) is 22.5 Å². The molecule has 5 heteroatoms. The summed E-state index contributed by atoms with van der Waals surface area (Å²) >= 11 is 0. The van der Waals surface area contributed by atoms with Gasteiger partial charge < -0.3 is 15.9 Å². The van der Waals surface area contributed by atoms with Crippen LogP contribution in [0.25, 0.3) is 11.1 Å². The molecule has 0 aliphatic carbocycles. The second-order valence-corrected chi connectivity index (χ2v) is 2.88. The molecule has 0 atom stereocenters. The summed E-state index contributed by atoms with van der Waals surface area (Å²) in [7, 11) is 1.60. The van der Waals surface area contributed by atoms with Gasteiger partial charge in [-0.1, -0.05) is 0 Å². The molecule has 0 saturated carbocycles. The number of nitrogens with two attached hydrogens (primary N) is 2. The maximum atomic E-state index is 11.1. The summed E-state index contributed by atoms with van der Waals surface area (Å²) in [6.07, 6.45) is 0. The van der Waals surface area contributed by atoms with Crippen molar-refractivity contribution in [3.05, 3.63) is 22.7 Å². The molecule has 0 radical (unpaired) electrons. The van der Waals surface area contributed by atoms with Crippen LogP contribution >= 0.6 is 0 Å². The number of hydrogen-bond acceptors (Lipinski definition) is 4. The quantitative estimate of drug-likeness (QED) is 0.569. The molecule has 1 heterocycles.